The number of hydrogen-bond donors (Lipinski definition) is 1. The first-order valence-electron chi connectivity index (χ1n) is 10.4. The van der Waals surface area contributed by atoms with Crippen molar-refractivity contribution in [3.63, 3.8) is 0 Å². The van der Waals surface area contributed by atoms with Gasteiger partial charge >= 0.3 is 0 Å². The summed E-state index contributed by atoms with van der Waals surface area (Å²) in [4.78, 5) is 27.0. The highest BCUT2D eigenvalue weighted by molar-refractivity contribution is 5.98. The molecule has 2 aromatic rings. The van der Waals surface area contributed by atoms with E-state index in [4.69, 9.17) is 0 Å². The second kappa shape index (κ2) is 9.54. The fraction of sp³-hybridized carbons (Fsp3) is 0.417. The largest absolute Gasteiger partial charge is 0.326 e. The molecule has 0 saturated carbocycles. The lowest BCUT2D eigenvalue weighted by molar-refractivity contribution is -0.120. The standard InChI is InChI=1S/C24H30N2O2/c1-3-8-19(9-4-2)24(28)25-21-13-14-22-20(16-21)12-15-23(27)26(22)17-18-10-6-5-7-11-18/h5-7,10-11,13-14,16,19H,3-4,8-9,12,15,17H2,1-2H3,(H,25,28). The molecule has 0 fully saturated rings. The van der Waals surface area contributed by atoms with Gasteiger partial charge in [-0.3, -0.25) is 9.59 Å². The summed E-state index contributed by atoms with van der Waals surface area (Å²) in [5.74, 6) is 0.331. The maximum absolute atomic E-state index is 12.6. The van der Waals surface area contributed by atoms with Gasteiger partial charge in [0.1, 0.15) is 0 Å². The van der Waals surface area contributed by atoms with Crippen LogP contribution < -0.4 is 10.2 Å². The maximum atomic E-state index is 12.6. The molecule has 1 N–H and O–H groups in total. The normalized spacial score (nSPS) is 13.5. The summed E-state index contributed by atoms with van der Waals surface area (Å²) in [5, 5.41) is 3.10. The van der Waals surface area contributed by atoms with Crippen LogP contribution in [0.1, 0.15) is 57.1 Å². The molecule has 0 saturated heterocycles. The molecule has 0 unspecified atom stereocenters. The lowest BCUT2D eigenvalue weighted by atomic mass is 9.96. The van der Waals surface area contributed by atoms with Crippen molar-refractivity contribution in [2.75, 3.05) is 10.2 Å². The predicted molar refractivity (Wildman–Crippen MR) is 114 cm³/mol. The van der Waals surface area contributed by atoms with E-state index in [2.05, 4.69) is 19.2 Å². The minimum absolute atomic E-state index is 0.0715. The summed E-state index contributed by atoms with van der Waals surface area (Å²) in [6.45, 7) is 4.81. The molecule has 1 heterocycles. The summed E-state index contributed by atoms with van der Waals surface area (Å²) < 4.78 is 0. The number of benzene rings is 2. The van der Waals surface area contributed by atoms with Crippen molar-refractivity contribution in [2.24, 2.45) is 5.92 Å². The van der Waals surface area contributed by atoms with Crippen LogP contribution in [0.4, 0.5) is 11.4 Å². The van der Waals surface area contributed by atoms with Crippen molar-refractivity contribution < 1.29 is 9.59 Å². The van der Waals surface area contributed by atoms with Crippen LogP contribution in [0.25, 0.3) is 0 Å². The maximum Gasteiger partial charge on any atom is 0.227 e. The number of rotatable bonds is 8. The quantitative estimate of drug-likeness (QED) is 0.676. The number of aryl methyl sites for hydroxylation is 1. The van der Waals surface area contributed by atoms with Gasteiger partial charge in [0.25, 0.3) is 0 Å². The molecule has 0 radical (unpaired) electrons. The number of amides is 2. The average molecular weight is 379 g/mol. The van der Waals surface area contributed by atoms with E-state index in [1.165, 1.54) is 0 Å². The van der Waals surface area contributed by atoms with Crippen molar-refractivity contribution in [3.8, 4) is 0 Å². The van der Waals surface area contributed by atoms with Crippen molar-refractivity contribution in [1.29, 1.82) is 0 Å². The molecule has 28 heavy (non-hydrogen) atoms. The van der Waals surface area contributed by atoms with E-state index in [1.807, 2.05) is 53.4 Å². The van der Waals surface area contributed by atoms with Crippen molar-refractivity contribution >= 4 is 23.2 Å². The molecule has 0 atom stereocenters. The van der Waals surface area contributed by atoms with Crippen LogP contribution in [-0.4, -0.2) is 11.8 Å². The third-order valence-electron chi connectivity index (χ3n) is 5.38. The first-order chi connectivity index (χ1) is 13.6. The van der Waals surface area contributed by atoms with Gasteiger partial charge in [0.2, 0.25) is 11.8 Å². The lowest BCUT2D eigenvalue weighted by Crippen LogP contribution is -2.34. The van der Waals surface area contributed by atoms with Crippen LogP contribution >= 0.6 is 0 Å². The molecule has 0 aliphatic carbocycles. The van der Waals surface area contributed by atoms with Gasteiger partial charge in [-0.1, -0.05) is 57.0 Å². The second-order valence-corrected chi connectivity index (χ2v) is 7.57. The van der Waals surface area contributed by atoms with Crippen LogP contribution in [0.5, 0.6) is 0 Å². The Morgan fingerprint density at radius 1 is 1.04 bits per heavy atom. The molecule has 1 aliphatic heterocycles. The Labute approximate surface area is 167 Å². The highest BCUT2D eigenvalue weighted by Gasteiger charge is 2.25. The number of carbonyl (C=O) groups is 2. The third-order valence-corrected chi connectivity index (χ3v) is 5.38. The summed E-state index contributed by atoms with van der Waals surface area (Å²) in [7, 11) is 0. The Kier molecular flexibility index (Phi) is 6.85. The number of carbonyl (C=O) groups excluding carboxylic acids is 2. The highest BCUT2D eigenvalue weighted by Crippen LogP contribution is 2.32. The van der Waals surface area contributed by atoms with E-state index in [1.54, 1.807) is 0 Å². The molecule has 0 bridgehead atoms. The average Bonchev–Trinajstić information content (AvgIpc) is 2.71. The predicted octanol–water partition coefficient (Wildman–Crippen LogP) is 5.32. The van der Waals surface area contributed by atoms with Gasteiger partial charge < -0.3 is 10.2 Å². The zero-order valence-corrected chi connectivity index (χ0v) is 16.9. The van der Waals surface area contributed by atoms with E-state index in [-0.39, 0.29) is 17.7 Å². The smallest absolute Gasteiger partial charge is 0.227 e. The summed E-state index contributed by atoms with van der Waals surface area (Å²) in [6, 6.07) is 16.0. The Morgan fingerprint density at radius 2 is 1.75 bits per heavy atom. The summed E-state index contributed by atoms with van der Waals surface area (Å²) in [6.07, 6.45) is 5.09. The van der Waals surface area contributed by atoms with Gasteiger partial charge in [0, 0.05) is 23.7 Å². The van der Waals surface area contributed by atoms with Crippen molar-refractivity contribution in [1.82, 2.24) is 0 Å². The van der Waals surface area contributed by atoms with Gasteiger partial charge in [0.15, 0.2) is 0 Å². The zero-order chi connectivity index (χ0) is 19.9. The topological polar surface area (TPSA) is 49.4 Å². The Morgan fingerprint density at radius 3 is 2.43 bits per heavy atom. The molecular weight excluding hydrogens is 348 g/mol. The fourth-order valence-corrected chi connectivity index (χ4v) is 3.92. The molecule has 148 valence electrons. The highest BCUT2D eigenvalue weighted by atomic mass is 16.2. The Bertz CT molecular complexity index is 811. The van der Waals surface area contributed by atoms with Crippen LogP contribution in [-0.2, 0) is 22.6 Å². The van der Waals surface area contributed by atoms with Gasteiger partial charge in [-0.05, 0) is 48.6 Å². The van der Waals surface area contributed by atoms with Crippen molar-refractivity contribution in [2.45, 2.75) is 58.9 Å². The van der Waals surface area contributed by atoms with Crippen molar-refractivity contribution in [3.05, 3.63) is 59.7 Å². The first kappa shape index (κ1) is 20.1. The fourth-order valence-electron chi connectivity index (χ4n) is 3.92. The molecule has 4 heteroatoms. The Balaban J connectivity index is 1.76. The second-order valence-electron chi connectivity index (χ2n) is 7.57. The molecule has 1 aliphatic rings. The monoisotopic (exact) mass is 378 g/mol. The lowest BCUT2D eigenvalue weighted by Gasteiger charge is -2.30. The number of nitrogens with one attached hydrogen (secondary N) is 1. The summed E-state index contributed by atoms with van der Waals surface area (Å²) in [5.41, 5.74) is 4.02. The number of anilines is 2. The molecule has 2 amide bonds. The minimum Gasteiger partial charge on any atom is -0.326 e. The first-order valence-corrected chi connectivity index (χ1v) is 10.4. The zero-order valence-electron chi connectivity index (χ0n) is 16.9. The molecule has 3 rings (SSSR count). The van der Waals surface area contributed by atoms with E-state index in [0.29, 0.717) is 13.0 Å². The van der Waals surface area contributed by atoms with Gasteiger partial charge in [-0.25, -0.2) is 0 Å². The summed E-state index contributed by atoms with van der Waals surface area (Å²) >= 11 is 0. The minimum atomic E-state index is 0.0715. The van der Waals surface area contributed by atoms with Crippen LogP contribution in [0, 0.1) is 5.92 Å². The van der Waals surface area contributed by atoms with E-state index < -0.39 is 0 Å². The number of nitrogens with zero attached hydrogens (tertiary/aromatic N) is 1. The molecule has 4 nitrogen and oxygen atoms in total. The third kappa shape index (κ3) is 4.80. The van der Waals surface area contributed by atoms with Gasteiger partial charge in [-0.2, -0.15) is 0 Å². The number of fused-ring (bicyclic) bond motifs is 1. The molecule has 2 aromatic carbocycles. The van der Waals surface area contributed by atoms with E-state index >= 15 is 0 Å². The van der Waals surface area contributed by atoms with Crippen LogP contribution in [0.15, 0.2) is 48.5 Å². The van der Waals surface area contributed by atoms with Crippen LogP contribution in [0.2, 0.25) is 0 Å². The Hall–Kier alpha value is -2.62. The van der Waals surface area contributed by atoms with Gasteiger partial charge in [-0.15, -0.1) is 0 Å². The van der Waals surface area contributed by atoms with Gasteiger partial charge in [0.05, 0.1) is 6.54 Å². The molecular formula is C24H30N2O2. The SMILES string of the molecule is CCCC(CCC)C(=O)Nc1ccc2c(c1)CCC(=O)N2Cc1ccccc1. The number of hydrogen-bond acceptors (Lipinski definition) is 2. The molecule has 0 spiro atoms. The van der Waals surface area contributed by atoms with E-state index in [9.17, 15) is 9.59 Å². The molecule has 0 aromatic heterocycles. The van der Waals surface area contributed by atoms with E-state index in [0.717, 1.165) is 54.6 Å². The van der Waals surface area contributed by atoms with Crippen LogP contribution in [0.3, 0.4) is 0 Å².